The molecular formula is C57H75BrN10O6. The van der Waals surface area contributed by atoms with Gasteiger partial charge in [0.1, 0.15) is 34.1 Å². The lowest BCUT2D eigenvalue weighted by Crippen LogP contribution is -2.42. The first kappa shape index (κ1) is 55.4. The Morgan fingerprint density at radius 1 is 0.568 bits per heavy atom. The zero-order valence-electron chi connectivity index (χ0n) is 44.2. The molecule has 3 aliphatic rings. The molecule has 0 spiro atoms. The van der Waals surface area contributed by atoms with E-state index in [1.54, 1.807) is 9.80 Å². The highest BCUT2D eigenvalue weighted by atomic mass is 79.9. The van der Waals surface area contributed by atoms with Crippen molar-refractivity contribution in [1.82, 2.24) is 49.8 Å². The van der Waals surface area contributed by atoms with E-state index in [9.17, 15) is 9.59 Å². The van der Waals surface area contributed by atoms with Crippen molar-refractivity contribution in [3.8, 4) is 46.0 Å². The minimum Gasteiger partial charge on any atom is -0.444 e. The minimum atomic E-state index is -0.503. The zero-order chi connectivity index (χ0) is 52.0. The summed E-state index contributed by atoms with van der Waals surface area (Å²) in [4.78, 5) is 38.1. The van der Waals surface area contributed by atoms with Crippen LogP contribution in [0, 0.1) is 27.7 Å². The number of pyridine rings is 2. The lowest BCUT2D eigenvalue weighted by Gasteiger charge is -2.33. The van der Waals surface area contributed by atoms with Crippen LogP contribution in [0.3, 0.4) is 0 Å². The second kappa shape index (κ2) is 23.9. The van der Waals surface area contributed by atoms with Crippen molar-refractivity contribution >= 4 is 28.1 Å². The molecule has 9 rings (SSSR count). The molecule has 1 aliphatic carbocycles. The first-order valence-electron chi connectivity index (χ1n) is 25.7. The Balaban J connectivity index is 0.000000215. The average Bonchev–Trinajstić information content (AvgIpc) is 3.92. The molecule has 2 saturated heterocycles. The molecule has 6 aromatic rings. The van der Waals surface area contributed by atoms with Crippen molar-refractivity contribution in [3.05, 3.63) is 105 Å². The van der Waals surface area contributed by atoms with Crippen LogP contribution in [-0.4, -0.2) is 99.3 Å². The van der Waals surface area contributed by atoms with E-state index in [2.05, 4.69) is 61.7 Å². The summed E-state index contributed by atoms with van der Waals surface area (Å²) >= 11 is 3.51. The number of hydrogen-bond donors (Lipinski definition) is 0. The molecule has 0 radical (unpaired) electrons. The fourth-order valence-electron chi connectivity index (χ4n) is 9.82. The topological polar surface area (TPSA) is 165 Å². The molecule has 2 amide bonds. The molecule has 0 atom stereocenters. The van der Waals surface area contributed by atoms with Crippen LogP contribution in [0.2, 0.25) is 0 Å². The number of benzene rings is 2. The molecule has 0 bridgehead atoms. The Morgan fingerprint density at radius 3 is 1.43 bits per heavy atom. The maximum Gasteiger partial charge on any atom is 0.410 e. The number of ether oxygens (including phenoxy) is 4. The van der Waals surface area contributed by atoms with Crippen molar-refractivity contribution in [2.24, 2.45) is 0 Å². The number of nitrogens with zero attached hydrogens (tertiary/aromatic N) is 10. The van der Waals surface area contributed by atoms with Crippen LogP contribution < -0.4 is 9.47 Å². The van der Waals surface area contributed by atoms with Gasteiger partial charge in [-0.2, -0.15) is 0 Å². The summed E-state index contributed by atoms with van der Waals surface area (Å²) in [5.74, 6) is 3.22. The fourth-order valence-corrected chi connectivity index (χ4v) is 10.4. The summed E-state index contributed by atoms with van der Waals surface area (Å²) in [6, 6.07) is 24.3. The number of rotatable bonds is 9. The van der Waals surface area contributed by atoms with Crippen molar-refractivity contribution in [1.29, 1.82) is 0 Å². The molecular weight excluding hydrogens is 1000 g/mol. The largest absolute Gasteiger partial charge is 0.444 e. The predicted octanol–water partition coefficient (Wildman–Crippen LogP) is 14.1. The van der Waals surface area contributed by atoms with Crippen LogP contribution in [0.1, 0.15) is 153 Å². The Hall–Kier alpha value is -6.36. The highest BCUT2D eigenvalue weighted by Gasteiger charge is 2.32. The second-order valence-corrected chi connectivity index (χ2v) is 22.6. The third-order valence-corrected chi connectivity index (χ3v) is 13.7. The molecule has 17 heteroatoms. The highest BCUT2D eigenvalue weighted by Crippen LogP contribution is 2.37. The highest BCUT2D eigenvalue weighted by molar-refractivity contribution is 9.10. The van der Waals surface area contributed by atoms with E-state index in [0.717, 1.165) is 81.4 Å². The van der Waals surface area contributed by atoms with E-state index in [1.807, 2.05) is 126 Å². The number of piperidine rings is 2. The zero-order valence-corrected chi connectivity index (χ0v) is 45.7. The number of likely N-dealkylation sites (tertiary alicyclic amines) is 2. The molecule has 0 N–H and O–H groups in total. The van der Waals surface area contributed by atoms with Crippen LogP contribution >= 0.6 is 15.9 Å². The Bertz CT molecular complexity index is 2840. The number of aryl methyl sites for hydroxylation is 4. The van der Waals surface area contributed by atoms with Gasteiger partial charge in [-0.05, 0) is 173 Å². The standard InChI is InChI=1S/C31H41N5O3.C25H30BrN5O3.CH4/c1-21-18-24(23-10-7-6-8-11-23)20-26(19-21)38-28-13-9-12-27(32-28)29-22(2)33-34-36(29)25-14-16-35(17-15-25)30(37)39-31(3,4)5;1-16-13-18(26)15-20(14-16)33-22-8-6-7-21(27-22)23-17(2)28-29-31(23)19-9-11-30(12-10-19)24(32)34-25(3,4)5;/h9,12-13,18-20,23,25H,6-8,10-11,14-17H2,1-5H3;6-8,13-15,19H,9-12H2,1-5H3;1H4. The molecule has 396 valence electrons. The quantitative estimate of drug-likeness (QED) is 0.135. The summed E-state index contributed by atoms with van der Waals surface area (Å²) in [6.45, 7) is 21.8. The van der Waals surface area contributed by atoms with E-state index in [4.69, 9.17) is 28.9 Å². The van der Waals surface area contributed by atoms with Crippen LogP contribution in [0.4, 0.5) is 9.59 Å². The van der Waals surface area contributed by atoms with Crippen molar-refractivity contribution in [2.45, 2.75) is 164 Å². The van der Waals surface area contributed by atoms with Gasteiger partial charge in [-0.1, -0.05) is 71.2 Å². The van der Waals surface area contributed by atoms with E-state index < -0.39 is 11.2 Å². The van der Waals surface area contributed by atoms with Crippen molar-refractivity contribution < 1.29 is 28.5 Å². The molecule has 74 heavy (non-hydrogen) atoms. The van der Waals surface area contributed by atoms with E-state index in [0.29, 0.717) is 43.9 Å². The average molecular weight is 1080 g/mol. The van der Waals surface area contributed by atoms with E-state index >= 15 is 0 Å². The van der Waals surface area contributed by atoms with Crippen LogP contribution in [0.15, 0.2) is 77.3 Å². The third kappa shape index (κ3) is 14.5. The Kier molecular flexibility index (Phi) is 17.9. The number of amides is 2. The van der Waals surface area contributed by atoms with Gasteiger partial charge in [0.25, 0.3) is 0 Å². The van der Waals surface area contributed by atoms with E-state index in [-0.39, 0.29) is 31.7 Å². The van der Waals surface area contributed by atoms with Crippen LogP contribution in [-0.2, 0) is 9.47 Å². The summed E-state index contributed by atoms with van der Waals surface area (Å²) in [7, 11) is 0. The Labute approximate surface area is 445 Å². The smallest absolute Gasteiger partial charge is 0.410 e. The lowest BCUT2D eigenvalue weighted by atomic mass is 9.83. The summed E-state index contributed by atoms with van der Waals surface area (Å²) in [5.41, 5.74) is 7.59. The minimum absolute atomic E-state index is 0. The molecule has 0 unspecified atom stereocenters. The third-order valence-electron chi connectivity index (χ3n) is 13.2. The van der Waals surface area contributed by atoms with Gasteiger partial charge in [0.2, 0.25) is 11.8 Å². The molecule has 2 aromatic carbocycles. The fraction of sp³-hybridized carbons (Fsp3) is 0.509. The normalized spacial score (nSPS) is 15.9. The molecule has 6 heterocycles. The first-order valence-corrected chi connectivity index (χ1v) is 26.5. The van der Waals surface area contributed by atoms with Gasteiger partial charge >= 0.3 is 12.2 Å². The SMILES string of the molecule is C.Cc1cc(Br)cc(Oc2cccc(-c3c(C)nnn3C3CCN(C(=O)OC(C)(C)C)CC3)n2)c1.Cc1cc(Oc2cccc(-c3c(C)nnn3C3CCN(C(=O)OC(C)(C)C)CC3)n2)cc(C2CCCCC2)c1. The summed E-state index contributed by atoms with van der Waals surface area (Å²) in [5, 5.41) is 17.6. The number of hydrogen-bond acceptors (Lipinski definition) is 12. The Morgan fingerprint density at radius 2 is 1.00 bits per heavy atom. The molecule has 1 saturated carbocycles. The summed E-state index contributed by atoms with van der Waals surface area (Å²) in [6.07, 6.45) is 9.02. The monoisotopic (exact) mass is 1070 g/mol. The van der Waals surface area contributed by atoms with Gasteiger partial charge < -0.3 is 28.7 Å². The molecule has 4 aromatic heterocycles. The van der Waals surface area contributed by atoms with E-state index in [1.165, 1.54) is 43.2 Å². The van der Waals surface area contributed by atoms with Crippen molar-refractivity contribution in [3.63, 3.8) is 0 Å². The van der Waals surface area contributed by atoms with Crippen LogP contribution in [0.5, 0.6) is 23.3 Å². The molecule has 3 fully saturated rings. The van der Waals surface area contributed by atoms with Crippen molar-refractivity contribution in [2.75, 3.05) is 26.2 Å². The van der Waals surface area contributed by atoms with Gasteiger partial charge in [-0.15, -0.1) is 10.2 Å². The number of aromatic nitrogens is 8. The van der Waals surface area contributed by atoms with Crippen LogP contribution in [0.25, 0.3) is 22.8 Å². The maximum absolute atomic E-state index is 12.5. The van der Waals surface area contributed by atoms with Gasteiger partial charge in [-0.3, -0.25) is 0 Å². The van der Waals surface area contributed by atoms with Gasteiger partial charge in [0.05, 0.1) is 34.9 Å². The number of carbonyl (C=O) groups is 2. The maximum atomic E-state index is 12.5. The second-order valence-electron chi connectivity index (χ2n) is 21.6. The number of halogens is 1. The molecule has 16 nitrogen and oxygen atoms in total. The van der Waals surface area contributed by atoms with Gasteiger partial charge in [-0.25, -0.2) is 28.9 Å². The van der Waals surface area contributed by atoms with Gasteiger partial charge in [0, 0.05) is 42.8 Å². The first-order chi connectivity index (χ1) is 34.7. The number of carbonyl (C=O) groups excluding carboxylic acids is 2. The predicted molar refractivity (Wildman–Crippen MR) is 291 cm³/mol. The van der Waals surface area contributed by atoms with Gasteiger partial charge in [0.15, 0.2) is 0 Å². The molecule has 2 aliphatic heterocycles. The summed E-state index contributed by atoms with van der Waals surface area (Å²) < 4.78 is 28.3. The lowest BCUT2D eigenvalue weighted by molar-refractivity contribution is 0.0174.